The Morgan fingerprint density at radius 3 is 2.57 bits per heavy atom. The van der Waals surface area contributed by atoms with Gasteiger partial charge < -0.3 is 18.4 Å². The Morgan fingerprint density at radius 1 is 1.02 bits per heavy atom. The first kappa shape index (κ1) is 31.3. The van der Waals surface area contributed by atoms with Crippen molar-refractivity contribution in [2.75, 3.05) is 6.61 Å². The summed E-state index contributed by atoms with van der Waals surface area (Å²) >= 11 is -1.38. The summed E-state index contributed by atoms with van der Waals surface area (Å²) in [6.45, 7) is 7.76. The summed E-state index contributed by atoms with van der Waals surface area (Å²) in [6.07, 6.45) is 3.17. The molecule has 0 amide bonds. The van der Waals surface area contributed by atoms with Crippen molar-refractivity contribution in [2.45, 2.75) is 52.0 Å². The van der Waals surface area contributed by atoms with E-state index in [1.165, 1.54) is 6.20 Å². The van der Waals surface area contributed by atoms with Gasteiger partial charge in [0.25, 0.3) is 0 Å². The van der Waals surface area contributed by atoms with Crippen LogP contribution in [0.1, 0.15) is 44.5 Å². The summed E-state index contributed by atoms with van der Waals surface area (Å²) in [4.78, 5) is 16.6. The van der Waals surface area contributed by atoms with Crippen LogP contribution in [0.25, 0.3) is 33.2 Å². The lowest BCUT2D eigenvalue weighted by Crippen LogP contribution is -2.39. The highest BCUT2D eigenvalue weighted by atomic mass is 32.2. The molecule has 3 aromatic carbocycles. The summed E-state index contributed by atoms with van der Waals surface area (Å²) < 4.78 is 48.0. The monoisotopic (exact) mass is 614 g/mol. The number of carbonyl (C=O) groups excluding carboxylic acids is 1. The molecule has 0 saturated heterocycles. The van der Waals surface area contributed by atoms with Gasteiger partial charge in [0.05, 0.1) is 31.5 Å². The van der Waals surface area contributed by atoms with Crippen molar-refractivity contribution in [2.24, 2.45) is 0 Å². The van der Waals surface area contributed by atoms with Gasteiger partial charge >= 0.3 is 5.97 Å². The van der Waals surface area contributed by atoms with Crippen LogP contribution in [0.4, 0.5) is 4.39 Å². The molecule has 0 spiro atoms. The van der Waals surface area contributed by atoms with Gasteiger partial charge in [0.15, 0.2) is 5.82 Å². The van der Waals surface area contributed by atoms with Gasteiger partial charge in [-0.3, -0.25) is 9.78 Å². The van der Waals surface area contributed by atoms with Crippen LogP contribution in [-0.2, 0) is 40.5 Å². The second kappa shape index (κ2) is 13.6. The molecule has 1 atom stereocenters. The third kappa shape index (κ3) is 7.30. The Balaban J connectivity index is 1.46. The minimum atomic E-state index is -1.38. The number of pyridine rings is 1. The third-order valence-corrected chi connectivity index (χ3v) is 8.52. The number of benzene rings is 3. The number of aromatic nitrogens is 1. The van der Waals surface area contributed by atoms with Crippen molar-refractivity contribution in [3.63, 3.8) is 0 Å². The molecule has 2 heterocycles. The van der Waals surface area contributed by atoms with Gasteiger partial charge in [-0.2, -0.15) is 0 Å². The number of carbonyl (C=O) groups is 1. The molecule has 44 heavy (non-hydrogen) atoms. The van der Waals surface area contributed by atoms with Gasteiger partial charge in [0.2, 0.25) is 0 Å². The Labute approximate surface area is 259 Å². The number of nitrogens with zero attached hydrogens (tertiary/aromatic N) is 1. The van der Waals surface area contributed by atoms with Crippen LogP contribution in [-0.4, -0.2) is 26.9 Å². The van der Waals surface area contributed by atoms with E-state index in [1.807, 2.05) is 87.5 Å². The number of esters is 1. The van der Waals surface area contributed by atoms with Gasteiger partial charge in [-0.25, -0.2) is 4.39 Å². The molecule has 0 radical (unpaired) electrons. The molecule has 0 saturated carbocycles. The summed E-state index contributed by atoms with van der Waals surface area (Å²) in [5.74, 6) is -0.297. The van der Waals surface area contributed by atoms with Gasteiger partial charge in [-0.15, -0.1) is 4.72 Å². The SMILES string of the molecule is CCOC(=O)Cc1ccc(-c2ccccc2)cc1OCc1cc(-c2ccnc(CN[S@@+]([O-])C(C)(C)C)c2F)c2occc2c1. The molecule has 0 unspecified atom stereocenters. The van der Waals surface area contributed by atoms with E-state index in [0.29, 0.717) is 34.6 Å². The van der Waals surface area contributed by atoms with E-state index in [9.17, 15) is 9.35 Å². The van der Waals surface area contributed by atoms with E-state index >= 15 is 4.39 Å². The highest BCUT2D eigenvalue weighted by Crippen LogP contribution is 2.35. The van der Waals surface area contributed by atoms with Crippen LogP contribution in [0, 0.1) is 5.82 Å². The van der Waals surface area contributed by atoms with E-state index in [4.69, 9.17) is 13.9 Å². The largest absolute Gasteiger partial charge is 0.598 e. The molecular formula is C35H35FN2O5S. The Hall–Kier alpha value is -4.18. The summed E-state index contributed by atoms with van der Waals surface area (Å²) in [5, 5.41) is 0.788. The molecule has 1 N–H and O–H groups in total. The van der Waals surface area contributed by atoms with E-state index in [1.54, 1.807) is 19.3 Å². The van der Waals surface area contributed by atoms with Gasteiger partial charge in [0.1, 0.15) is 22.7 Å². The summed E-state index contributed by atoms with van der Waals surface area (Å²) in [7, 11) is 0. The standard InChI is InChI=1S/C35H35FN2O5S/c1-5-41-32(39)20-26-12-11-25(24-9-7-6-8-10-24)19-31(26)43-22-23-17-27-14-16-42-34(27)29(18-23)28-13-15-37-30(33(28)36)21-38-44(40)35(2,3)4/h6-19,38H,5,20-22H2,1-4H3/t44-/m0/s1. The Bertz CT molecular complexity index is 1750. The fourth-order valence-electron chi connectivity index (χ4n) is 4.77. The average molecular weight is 615 g/mol. The van der Waals surface area contributed by atoms with Crippen molar-refractivity contribution >= 4 is 28.3 Å². The lowest BCUT2D eigenvalue weighted by Gasteiger charge is -2.23. The highest BCUT2D eigenvalue weighted by molar-refractivity contribution is 7.90. The fourth-order valence-corrected chi connectivity index (χ4v) is 5.47. The number of fused-ring (bicyclic) bond motifs is 1. The quantitative estimate of drug-likeness (QED) is 0.121. The van der Waals surface area contributed by atoms with Crippen LogP contribution in [0.5, 0.6) is 5.75 Å². The van der Waals surface area contributed by atoms with Gasteiger partial charge in [-0.1, -0.05) is 42.5 Å². The molecule has 5 aromatic rings. The molecule has 9 heteroatoms. The molecule has 228 valence electrons. The number of furan rings is 1. The maximum absolute atomic E-state index is 15.8. The zero-order valence-corrected chi connectivity index (χ0v) is 26.0. The fraction of sp³-hybridized carbons (Fsp3) is 0.257. The van der Waals surface area contributed by atoms with Crippen molar-refractivity contribution in [3.05, 3.63) is 108 Å². The number of nitrogens with one attached hydrogen (secondary N) is 1. The minimum Gasteiger partial charge on any atom is -0.598 e. The van der Waals surface area contributed by atoms with Gasteiger partial charge in [-0.05, 0) is 74.7 Å². The van der Waals surface area contributed by atoms with E-state index in [0.717, 1.165) is 22.1 Å². The molecular weight excluding hydrogens is 579 g/mol. The first-order valence-electron chi connectivity index (χ1n) is 14.4. The predicted octanol–water partition coefficient (Wildman–Crippen LogP) is 7.54. The van der Waals surface area contributed by atoms with Crippen LogP contribution in [0.2, 0.25) is 0 Å². The molecule has 7 nitrogen and oxygen atoms in total. The van der Waals surface area contributed by atoms with Crippen molar-refractivity contribution in [1.29, 1.82) is 0 Å². The first-order chi connectivity index (χ1) is 21.1. The van der Waals surface area contributed by atoms with Crippen LogP contribution >= 0.6 is 0 Å². The van der Waals surface area contributed by atoms with Gasteiger partial charge in [0, 0.05) is 39.6 Å². The lowest BCUT2D eigenvalue weighted by molar-refractivity contribution is -0.142. The maximum atomic E-state index is 15.8. The lowest BCUT2D eigenvalue weighted by atomic mass is 10.00. The molecule has 0 aliphatic rings. The number of ether oxygens (including phenoxy) is 2. The smallest absolute Gasteiger partial charge is 0.310 e. The average Bonchev–Trinajstić information content (AvgIpc) is 3.48. The molecule has 0 aliphatic heterocycles. The van der Waals surface area contributed by atoms with E-state index < -0.39 is 21.9 Å². The van der Waals surface area contributed by atoms with E-state index in [-0.39, 0.29) is 31.2 Å². The Kier molecular flexibility index (Phi) is 9.68. The summed E-state index contributed by atoms with van der Waals surface area (Å²) in [5.41, 5.74) is 5.01. The molecule has 0 fully saturated rings. The zero-order chi connectivity index (χ0) is 31.3. The first-order valence-corrected chi connectivity index (χ1v) is 15.5. The maximum Gasteiger partial charge on any atom is 0.310 e. The zero-order valence-electron chi connectivity index (χ0n) is 25.2. The topological polar surface area (TPSA) is 96.7 Å². The number of rotatable bonds is 11. The molecule has 0 bridgehead atoms. The Morgan fingerprint density at radius 2 is 1.82 bits per heavy atom. The molecule has 2 aromatic heterocycles. The van der Waals surface area contributed by atoms with Crippen LogP contribution in [0.3, 0.4) is 0 Å². The van der Waals surface area contributed by atoms with Crippen LogP contribution < -0.4 is 9.46 Å². The van der Waals surface area contributed by atoms with Crippen molar-refractivity contribution in [3.8, 4) is 28.0 Å². The second-order valence-electron chi connectivity index (χ2n) is 11.3. The van der Waals surface area contributed by atoms with Crippen molar-refractivity contribution < 1.29 is 27.6 Å². The van der Waals surface area contributed by atoms with Crippen molar-refractivity contribution in [1.82, 2.24) is 9.71 Å². The predicted molar refractivity (Wildman–Crippen MR) is 171 cm³/mol. The molecule has 5 rings (SSSR count). The number of halogens is 1. The normalized spacial score (nSPS) is 12.3. The second-order valence-corrected chi connectivity index (χ2v) is 13.3. The number of hydrogen-bond acceptors (Lipinski definition) is 7. The number of hydrogen-bond donors (Lipinski definition) is 1. The minimum absolute atomic E-state index is 0.00858. The third-order valence-electron chi connectivity index (χ3n) is 7.00. The molecule has 0 aliphatic carbocycles. The van der Waals surface area contributed by atoms with Crippen LogP contribution in [0.15, 0.2) is 89.7 Å². The van der Waals surface area contributed by atoms with E-state index in [2.05, 4.69) is 9.71 Å². The summed E-state index contributed by atoms with van der Waals surface area (Å²) in [6, 6.07) is 22.9. The highest BCUT2D eigenvalue weighted by Gasteiger charge is 2.27.